The summed E-state index contributed by atoms with van der Waals surface area (Å²) < 4.78 is 19.6. The van der Waals surface area contributed by atoms with Crippen molar-refractivity contribution in [2.24, 2.45) is 0 Å². The van der Waals surface area contributed by atoms with E-state index in [9.17, 15) is 14.1 Å². The maximum absolute atomic E-state index is 11.0. The number of hydrogen-bond acceptors (Lipinski definition) is 3. The molecular formula is C10H13NO4S. The Balaban J connectivity index is 3.04. The van der Waals surface area contributed by atoms with Crippen LogP contribution in [0.25, 0.3) is 0 Å². The minimum atomic E-state index is -2.22. The van der Waals surface area contributed by atoms with Crippen LogP contribution >= 0.6 is 0 Å². The number of benzene rings is 1. The molecule has 0 fully saturated rings. The highest BCUT2D eigenvalue weighted by Crippen LogP contribution is 2.18. The fourth-order valence-electron chi connectivity index (χ4n) is 1.38. The first-order chi connectivity index (χ1) is 7.44. The molecule has 2 atom stereocenters. The highest BCUT2D eigenvalue weighted by molar-refractivity contribution is 7.79. The van der Waals surface area contributed by atoms with Gasteiger partial charge in [-0.25, -0.2) is 4.21 Å². The molecule has 1 rings (SSSR count). The van der Waals surface area contributed by atoms with E-state index in [2.05, 4.69) is 5.32 Å². The standard InChI is InChI=1S/C10H13NO4S/c1-8(12)11-10(13,7-16(14)15)9-5-3-2-4-6-9/h2-6,13H,7H2,1H3,(H,11,12)(H,14,15). The fourth-order valence-corrected chi connectivity index (χ4v) is 1.97. The summed E-state index contributed by atoms with van der Waals surface area (Å²) in [6, 6.07) is 8.23. The van der Waals surface area contributed by atoms with Crippen molar-refractivity contribution in [1.29, 1.82) is 0 Å². The number of aliphatic hydroxyl groups is 1. The van der Waals surface area contributed by atoms with Crippen LogP contribution in [0.1, 0.15) is 12.5 Å². The van der Waals surface area contributed by atoms with Gasteiger partial charge < -0.3 is 15.0 Å². The van der Waals surface area contributed by atoms with Crippen LogP contribution < -0.4 is 5.32 Å². The summed E-state index contributed by atoms with van der Waals surface area (Å²) in [4.78, 5) is 11.0. The first-order valence-corrected chi connectivity index (χ1v) is 5.86. The zero-order chi connectivity index (χ0) is 12.2. The van der Waals surface area contributed by atoms with Gasteiger partial charge in [0.05, 0.1) is 0 Å². The van der Waals surface area contributed by atoms with Crippen molar-refractivity contribution in [1.82, 2.24) is 5.32 Å². The quantitative estimate of drug-likeness (QED) is 0.520. The number of amides is 1. The lowest BCUT2D eigenvalue weighted by Crippen LogP contribution is -2.48. The van der Waals surface area contributed by atoms with Crippen molar-refractivity contribution < 1.29 is 18.7 Å². The molecular weight excluding hydrogens is 230 g/mol. The van der Waals surface area contributed by atoms with Crippen molar-refractivity contribution >= 4 is 17.0 Å². The molecule has 3 N–H and O–H groups in total. The number of carbonyl (C=O) groups excluding carboxylic acids is 1. The average Bonchev–Trinajstić information content (AvgIpc) is 2.16. The van der Waals surface area contributed by atoms with E-state index in [1.54, 1.807) is 30.3 Å². The van der Waals surface area contributed by atoms with E-state index in [1.807, 2.05) is 0 Å². The van der Waals surface area contributed by atoms with Crippen LogP contribution in [0.3, 0.4) is 0 Å². The molecule has 5 nitrogen and oxygen atoms in total. The zero-order valence-corrected chi connectivity index (χ0v) is 9.53. The summed E-state index contributed by atoms with van der Waals surface area (Å²) in [6.45, 7) is 1.23. The predicted octanol–water partition coefficient (Wildman–Crippen LogP) is 0.189. The van der Waals surface area contributed by atoms with Gasteiger partial charge in [-0.05, 0) is 0 Å². The fraction of sp³-hybridized carbons (Fsp3) is 0.300. The molecule has 0 radical (unpaired) electrons. The van der Waals surface area contributed by atoms with Gasteiger partial charge in [-0.1, -0.05) is 30.3 Å². The summed E-state index contributed by atoms with van der Waals surface area (Å²) in [7, 11) is 0. The molecule has 0 bridgehead atoms. The van der Waals surface area contributed by atoms with Crippen LogP contribution in [-0.2, 0) is 21.6 Å². The summed E-state index contributed by atoms with van der Waals surface area (Å²) >= 11 is -2.22. The van der Waals surface area contributed by atoms with Crippen LogP contribution in [0, 0.1) is 0 Å². The van der Waals surface area contributed by atoms with Crippen LogP contribution in [0.2, 0.25) is 0 Å². The van der Waals surface area contributed by atoms with E-state index < -0.39 is 28.5 Å². The Bertz CT molecular complexity index is 377. The Kier molecular flexibility index (Phi) is 4.17. The van der Waals surface area contributed by atoms with Gasteiger partial charge in [-0.3, -0.25) is 4.79 Å². The molecule has 1 aromatic carbocycles. The maximum Gasteiger partial charge on any atom is 0.219 e. The molecule has 0 heterocycles. The van der Waals surface area contributed by atoms with Gasteiger partial charge in [0.2, 0.25) is 5.91 Å². The second kappa shape index (κ2) is 5.20. The Hall–Kier alpha value is -1.24. The third-order valence-corrected chi connectivity index (χ3v) is 2.63. The third-order valence-electron chi connectivity index (χ3n) is 1.97. The zero-order valence-electron chi connectivity index (χ0n) is 8.71. The van der Waals surface area contributed by atoms with Gasteiger partial charge in [0, 0.05) is 12.5 Å². The topological polar surface area (TPSA) is 86.6 Å². The van der Waals surface area contributed by atoms with E-state index in [1.165, 1.54) is 6.92 Å². The first-order valence-electron chi connectivity index (χ1n) is 4.58. The lowest BCUT2D eigenvalue weighted by atomic mass is 10.0. The maximum atomic E-state index is 11.0. The minimum Gasteiger partial charge on any atom is -0.366 e. The molecule has 88 valence electrons. The molecule has 6 heteroatoms. The molecule has 0 aromatic heterocycles. The van der Waals surface area contributed by atoms with Crippen LogP contribution in [0.4, 0.5) is 0 Å². The smallest absolute Gasteiger partial charge is 0.219 e. The molecule has 0 spiro atoms. The predicted molar refractivity (Wildman–Crippen MR) is 59.8 cm³/mol. The van der Waals surface area contributed by atoms with Crippen molar-refractivity contribution in [3.05, 3.63) is 35.9 Å². The van der Waals surface area contributed by atoms with E-state index in [4.69, 9.17) is 4.55 Å². The van der Waals surface area contributed by atoms with E-state index in [0.29, 0.717) is 5.56 Å². The van der Waals surface area contributed by atoms with Crippen molar-refractivity contribution in [3.63, 3.8) is 0 Å². The van der Waals surface area contributed by atoms with E-state index in [0.717, 1.165) is 0 Å². The Labute approximate surface area is 95.8 Å². The highest BCUT2D eigenvalue weighted by atomic mass is 32.2. The number of hydrogen-bond donors (Lipinski definition) is 3. The molecule has 0 saturated carbocycles. The summed E-state index contributed by atoms with van der Waals surface area (Å²) in [6.07, 6.45) is 0. The van der Waals surface area contributed by atoms with Crippen LogP contribution in [0.5, 0.6) is 0 Å². The van der Waals surface area contributed by atoms with Gasteiger partial charge in [-0.2, -0.15) is 0 Å². The van der Waals surface area contributed by atoms with Gasteiger partial charge in [0.15, 0.2) is 16.8 Å². The van der Waals surface area contributed by atoms with E-state index >= 15 is 0 Å². The highest BCUT2D eigenvalue weighted by Gasteiger charge is 2.32. The van der Waals surface area contributed by atoms with Gasteiger partial charge in [0.1, 0.15) is 5.75 Å². The van der Waals surface area contributed by atoms with Crippen LogP contribution in [-0.4, -0.2) is 25.5 Å². The summed E-state index contributed by atoms with van der Waals surface area (Å²) in [5, 5.41) is 12.4. The normalized spacial score (nSPS) is 16.2. The molecule has 0 saturated heterocycles. The second-order valence-corrected chi connectivity index (χ2v) is 4.30. The molecule has 0 aliphatic heterocycles. The number of nitrogens with one attached hydrogen (secondary N) is 1. The van der Waals surface area contributed by atoms with Gasteiger partial charge >= 0.3 is 0 Å². The average molecular weight is 243 g/mol. The Morgan fingerprint density at radius 1 is 1.44 bits per heavy atom. The minimum absolute atomic E-state index is 0.368. The molecule has 2 unspecified atom stereocenters. The van der Waals surface area contributed by atoms with Crippen LogP contribution in [0.15, 0.2) is 30.3 Å². The lowest BCUT2D eigenvalue weighted by molar-refractivity contribution is -0.125. The summed E-state index contributed by atoms with van der Waals surface area (Å²) in [5.41, 5.74) is -1.44. The molecule has 16 heavy (non-hydrogen) atoms. The molecule has 0 aliphatic rings. The summed E-state index contributed by atoms with van der Waals surface area (Å²) in [5.74, 6) is -0.951. The van der Waals surface area contributed by atoms with Crippen molar-refractivity contribution in [3.8, 4) is 0 Å². The monoisotopic (exact) mass is 243 g/mol. The van der Waals surface area contributed by atoms with Gasteiger partial charge in [-0.15, -0.1) is 0 Å². The number of carbonyl (C=O) groups is 1. The Morgan fingerprint density at radius 2 is 2.00 bits per heavy atom. The van der Waals surface area contributed by atoms with Gasteiger partial charge in [0.25, 0.3) is 0 Å². The third kappa shape index (κ3) is 3.41. The Morgan fingerprint density at radius 3 is 2.44 bits per heavy atom. The largest absolute Gasteiger partial charge is 0.366 e. The first kappa shape index (κ1) is 12.8. The second-order valence-electron chi connectivity index (χ2n) is 3.37. The van der Waals surface area contributed by atoms with E-state index in [-0.39, 0.29) is 0 Å². The lowest BCUT2D eigenvalue weighted by Gasteiger charge is -2.27. The SMILES string of the molecule is CC(=O)NC(O)(CS(=O)O)c1ccccc1. The molecule has 1 amide bonds. The molecule has 0 aliphatic carbocycles. The molecule has 1 aromatic rings. The van der Waals surface area contributed by atoms with Crippen molar-refractivity contribution in [2.45, 2.75) is 12.6 Å². The number of rotatable bonds is 4. The van der Waals surface area contributed by atoms with Crippen molar-refractivity contribution in [2.75, 3.05) is 5.75 Å².